The summed E-state index contributed by atoms with van der Waals surface area (Å²) in [5, 5.41) is 17.0. The van der Waals surface area contributed by atoms with Crippen LogP contribution < -0.4 is 0 Å². The highest BCUT2D eigenvalue weighted by Gasteiger charge is 2.54. The number of aliphatic hydroxyl groups excluding tert-OH is 1. The van der Waals surface area contributed by atoms with E-state index in [4.69, 9.17) is 19.6 Å². The number of aliphatic hydroxyl groups is 2. The number of allylic oxidation sites excluding steroid dienone is 2. The SMILES string of the molecule is O=P(O)(O)C(C(O)C1(O)C=CC=CC1)P(=O)(O)O. The Bertz CT molecular complexity index is 438. The van der Waals surface area contributed by atoms with Crippen molar-refractivity contribution in [3.8, 4) is 0 Å². The van der Waals surface area contributed by atoms with Crippen molar-refractivity contribution >= 4 is 15.2 Å². The highest BCUT2D eigenvalue weighted by Crippen LogP contribution is 2.62. The third-order valence-corrected chi connectivity index (χ3v) is 6.31. The molecular weight excluding hydrogens is 286 g/mol. The molecule has 0 aromatic heterocycles. The average molecular weight is 300 g/mol. The quantitative estimate of drug-likeness (QED) is 0.371. The van der Waals surface area contributed by atoms with Gasteiger partial charge in [0.25, 0.3) is 0 Å². The van der Waals surface area contributed by atoms with Crippen LogP contribution in [0.4, 0.5) is 0 Å². The minimum Gasteiger partial charge on any atom is -0.388 e. The zero-order valence-corrected chi connectivity index (χ0v) is 10.9. The fourth-order valence-corrected chi connectivity index (χ4v) is 4.49. The molecule has 1 aliphatic carbocycles. The lowest BCUT2D eigenvalue weighted by atomic mass is 9.90. The molecule has 0 amide bonds. The highest BCUT2D eigenvalue weighted by molar-refractivity contribution is 7.71. The van der Waals surface area contributed by atoms with Crippen LogP contribution in [-0.4, -0.2) is 46.9 Å². The van der Waals surface area contributed by atoms with E-state index in [-0.39, 0.29) is 6.42 Å². The van der Waals surface area contributed by atoms with Gasteiger partial charge in [-0.05, 0) is 0 Å². The molecule has 0 spiro atoms. The van der Waals surface area contributed by atoms with Crippen LogP contribution in [-0.2, 0) is 9.13 Å². The maximum Gasteiger partial charge on any atom is 0.343 e. The van der Waals surface area contributed by atoms with E-state index in [1.165, 1.54) is 18.2 Å². The van der Waals surface area contributed by atoms with Crippen LogP contribution >= 0.6 is 15.2 Å². The Balaban J connectivity index is 3.16. The van der Waals surface area contributed by atoms with Crippen LogP contribution in [0, 0.1) is 0 Å². The summed E-state index contributed by atoms with van der Waals surface area (Å²) in [6, 6.07) is 0. The first-order chi connectivity index (χ1) is 7.98. The molecule has 6 N–H and O–H groups in total. The Morgan fingerprint density at radius 1 is 1.06 bits per heavy atom. The van der Waals surface area contributed by atoms with E-state index in [0.717, 1.165) is 6.08 Å². The first kappa shape index (κ1) is 15.8. The predicted molar refractivity (Wildman–Crippen MR) is 61.7 cm³/mol. The second kappa shape index (κ2) is 5.00. The molecule has 2 atom stereocenters. The molecule has 0 fully saturated rings. The van der Waals surface area contributed by atoms with Crippen LogP contribution in [0.2, 0.25) is 0 Å². The van der Waals surface area contributed by atoms with Crippen molar-refractivity contribution < 1.29 is 38.9 Å². The summed E-state index contributed by atoms with van der Waals surface area (Å²) in [6.45, 7) is 0. The van der Waals surface area contributed by atoms with Gasteiger partial charge in [-0.2, -0.15) is 0 Å². The van der Waals surface area contributed by atoms with E-state index in [9.17, 15) is 19.3 Å². The van der Waals surface area contributed by atoms with Gasteiger partial charge in [0.2, 0.25) is 0 Å². The molecule has 0 radical (unpaired) electrons. The number of rotatable bonds is 4. The van der Waals surface area contributed by atoms with Crippen molar-refractivity contribution in [1.29, 1.82) is 0 Å². The minimum absolute atomic E-state index is 0.207. The molecule has 0 aliphatic heterocycles. The molecule has 0 saturated heterocycles. The van der Waals surface area contributed by atoms with Gasteiger partial charge in [0.05, 0.1) is 0 Å². The molecule has 8 nitrogen and oxygen atoms in total. The Morgan fingerprint density at radius 2 is 1.56 bits per heavy atom. The summed E-state index contributed by atoms with van der Waals surface area (Å²) in [5.41, 5.74) is -2.12. The Labute approximate surface area is 103 Å². The van der Waals surface area contributed by atoms with E-state index >= 15 is 0 Å². The van der Waals surface area contributed by atoms with Crippen molar-refractivity contribution in [2.24, 2.45) is 0 Å². The molecule has 2 unspecified atom stereocenters. The zero-order chi connectivity index (χ0) is 14.2. The van der Waals surface area contributed by atoms with E-state index < -0.39 is 32.3 Å². The summed E-state index contributed by atoms with van der Waals surface area (Å²) in [7, 11) is -10.6. The lowest BCUT2D eigenvalue weighted by Crippen LogP contribution is -2.47. The van der Waals surface area contributed by atoms with E-state index in [1.807, 2.05) is 0 Å². The maximum atomic E-state index is 11.1. The van der Waals surface area contributed by atoms with Gasteiger partial charge in [-0.15, -0.1) is 0 Å². The van der Waals surface area contributed by atoms with E-state index in [2.05, 4.69) is 0 Å². The van der Waals surface area contributed by atoms with Crippen molar-refractivity contribution in [2.45, 2.75) is 23.5 Å². The Hall–Kier alpha value is -0.300. The molecule has 0 bridgehead atoms. The van der Waals surface area contributed by atoms with Gasteiger partial charge >= 0.3 is 15.2 Å². The normalized spacial score (nSPS) is 26.6. The molecule has 0 aromatic carbocycles. The highest BCUT2D eigenvalue weighted by atomic mass is 31.2. The number of hydrogen-bond donors (Lipinski definition) is 6. The fourth-order valence-electron chi connectivity index (χ4n) is 1.67. The smallest absolute Gasteiger partial charge is 0.343 e. The van der Waals surface area contributed by atoms with Gasteiger partial charge in [0.1, 0.15) is 11.7 Å². The van der Waals surface area contributed by atoms with Crippen LogP contribution in [0.3, 0.4) is 0 Å². The zero-order valence-electron chi connectivity index (χ0n) is 9.07. The summed E-state index contributed by atoms with van der Waals surface area (Å²) >= 11 is 0. The van der Waals surface area contributed by atoms with Gasteiger partial charge in [-0.1, -0.05) is 24.3 Å². The largest absolute Gasteiger partial charge is 0.388 e. The third kappa shape index (κ3) is 3.38. The van der Waals surface area contributed by atoms with Gasteiger partial charge in [-0.25, -0.2) is 0 Å². The van der Waals surface area contributed by atoms with Crippen LogP contribution in [0.25, 0.3) is 0 Å². The van der Waals surface area contributed by atoms with Gasteiger partial charge in [0.15, 0.2) is 5.40 Å². The Morgan fingerprint density at radius 3 is 1.89 bits per heavy atom. The van der Waals surface area contributed by atoms with Crippen molar-refractivity contribution in [3.63, 3.8) is 0 Å². The van der Waals surface area contributed by atoms with Crippen molar-refractivity contribution in [2.75, 3.05) is 0 Å². The van der Waals surface area contributed by atoms with E-state index in [1.54, 1.807) is 0 Å². The monoisotopic (exact) mass is 300 g/mol. The van der Waals surface area contributed by atoms with Crippen LogP contribution in [0.1, 0.15) is 6.42 Å². The summed E-state index contributed by atoms with van der Waals surface area (Å²) < 4.78 is 22.2. The van der Waals surface area contributed by atoms with Crippen LogP contribution in [0.5, 0.6) is 0 Å². The fraction of sp³-hybridized carbons (Fsp3) is 0.500. The molecule has 10 heteroatoms. The topological polar surface area (TPSA) is 156 Å². The second-order valence-electron chi connectivity index (χ2n) is 4.02. The van der Waals surface area contributed by atoms with Crippen LogP contribution in [0.15, 0.2) is 24.3 Å². The molecule has 0 aromatic rings. The minimum atomic E-state index is -5.29. The summed E-state index contributed by atoms with van der Waals surface area (Å²) in [6.07, 6.45) is 2.77. The molecule has 104 valence electrons. The van der Waals surface area contributed by atoms with E-state index in [0.29, 0.717) is 0 Å². The molecule has 0 saturated carbocycles. The summed E-state index contributed by atoms with van der Waals surface area (Å²) in [4.78, 5) is 35.7. The Kier molecular flexibility index (Phi) is 4.37. The van der Waals surface area contributed by atoms with Crippen molar-refractivity contribution in [1.82, 2.24) is 0 Å². The molecule has 1 aliphatic rings. The second-order valence-corrected chi connectivity index (χ2v) is 7.90. The molecule has 0 heterocycles. The molecule has 18 heavy (non-hydrogen) atoms. The van der Waals surface area contributed by atoms with Crippen molar-refractivity contribution in [3.05, 3.63) is 24.3 Å². The molecular formula is C8H14O8P2. The molecule has 1 rings (SSSR count). The average Bonchev–Trinajstić information content (AvgIpc) is 2.14. The summed E-state index contributed by atoms with van der Waals surface area (Å²) in [5.74, 6) is 0. The first-order valence-corrected chi connectivity index (χ1v) is 8.20. The predicted octanol–water partition coefficient (Wildman–Crippen LogP) is -0.724. The van der Waals surface area contributed by atoms with Gasteiger partial charge in [0, 0.05) is 6.42 Å². The van der Waals surface area contributed by atoms with Gasteiger partial charge in [-0.3, -0.25) is 9.13 Å². The maximum absolute atomic E-state index is 11.1. The third-order valence-electron chi connectivity index (χ3n) is 2.56. The lowest BCUT2D eigenvalue weighted by Gasteiger charge is -2.35. The lowest BCUT2D eigenvalue weighted by molar-refractivity contribution is -0.0353. The number of hydrogen-bond acceptors (Lipinski definition) is 4. The first-order valence-electron chi connectivity index (χ1n) is 4.84. The standard InChI is InChI=1S/C8H14O8P2/c9-6(8(10)4-2-1-3-5-8)7(17(11,12)13)18(14,15)16/h1-4,6-7,9-10H,5H2,(H2,11,12,13)(H2,14,15,16). The van der Waals surface area contributed by atoms with Gasteiger partial charge < -0.3 is 29.8 Å².